The molecule has 82 valence electrons. The van der Waals surface area contributed by atoms with E-state index in [0.29, 0.717) is 5.56 Å². The third-order valence-corrected chi connectivity index (χ3v) is 3.70. The van der Waals surface area contributed by atoms with Gasteiger partial charge in [-0.15, -0.1) is 23.4 Å². The predicted octanol–water partition coefficient (Wildman–Crippen LogP) is 4.11. The monoisotopic (exact) mass is 306 g/mol. The summed E-state index contributed by atoms with van der Waals surface area (Å²) in [6.07, 6.45) is 2.00. The van der Waals surface area contributed by atoms with Crippen molar-refractivity contribution in [3.63, 3.8) is 0 Å². The van der Waals surface area contributed by atoms with Crippen molar-refractivity contribution in [2.45, 2.75) is 22.5 Å². The zero-order valence-corrected chi connectivity index (χ0v) is 11.7. The van der Waals surface area contributed by atoms with E-state index in [2.05, 4.69) is 15.9 Å². The molecular formula is C11H12BrClOS. The Morgan fingerprint density at radius 3 is 2.73 bits per heavy atom. The number of hydrogen-bond donors (Lipinski definition) is 0. The second-order valence-corrected chi connectivity index (χ2v) is 5.20. The van der Waals surface area contributed by atoms with Crippen molar-refractivity contribution in [2.24, 2.45) is 0 Å². The molecule has 1 aromatic carbocycles. The zero-order valence-electron chi connectivity index (χ0n) is 8.59. The summed E-state index contributed by atoms with van der Waals surface area (Å²) in [5.41, 5.74) is 1.88. The molecule has 0 spiro atoms. The number of carbonyl (C=O) groups excluding carboxylic acids is 1. The molecule has 0 radical (unpaired) electrons. The van der Waals surface area contributed by atoms with Crippen LogP contribution in [0.25, 0.3) is 0 Å². The van der Waals surface area contributed by atoms with Crippen molar-refractivity contribution in [1.82, 2.24) is 0 Å². The number of carbonyl (C=O) groups is 1. The van der Waals surface area contributed by atoms with Gasteiger partial charge in [-0.1, -0.05) is 28.1 Å². The first-order valence-electron chi connectivity index (χ1n) is 4.51. The van der Waals surface area contributed by atoms with Gasteiger partial charge >= 0.3 is 0 Å². The summed E-state index contributed by atoms with van der Waals surface area (Å²) in [6.45, 7) is 1.70. The molecule has 1 unspecified atom stereocenters. The lowest BCUT2D eigenvalue weighted by molar-refractivity contribution is 0.0991. The number of alkyl halides is 2. The molecule has 1 aromatic rings. The molecule has 0 aliphatic carbocycles. The molecule has 0 fully saturated rings. The number of rotatable bonds is 4. The molecular weight excluding hydrogens is 296 g/mol. The van der Waals surface area contributed by atoms with Gasteiger partial charge in [-0.25, -0.2) is 0 Å². The van der Waals surface area contributed by atoms with E-state index in [4.69, 9.17) is 11.6 Å². The zero-order chi connectivity index (χ0) is 11.4. The molecule has 0 N–H and O–H groups in total. The van der Waals surface area contributed by atoms with Crippen LogP contribution in [0, 0.1) is 0 Å². The Bertz CT molecular complexity index is 366. The van der Waals surface area contributed by atoms with Crippen LogP contribution in [0.4, 0.5) is 0 Å². The topological polar surface area (TPSA) is 17.1 Å². The summed E-state index contributed by atoms with van der Waals surface area (Å²) in [5.74, 6) is -0.0203. The first-order chi connectivity index (χ1) is 7.10. The fourth-order valence-electron chi connectivity index (χ4n) is 1.24. The number of ketones is 1. The Hall–Kier alpha value is 0.01000. The van der Waals surface area contributed by atoms with E-state index >= 15 is 0 Å². The van der Waals surface area contributed by atoms with Crippen molar-refractivity contribution >= 4 is 45.1 Å². The molecule has 1 nitrogen and oxygen atoms in total. The van der Waals surface area contributed by atoms with Gasteiger partial charge in [-0.2, -0.15) is 0 Å². The standard InChI is InChI=1S/C11H12BrClOS/c1-7(13)11(14)8-3-4-9(6-12)10(5-8)15-2/h3-5,7H,6H2,1-2H3. The average Bonchev–Trinajstić information content (AvgIpc) is 2.26. The molecule has 0 saturated carbocycles. The molecule has 1 rings (SSSR count). The van der Waals surface area contributed by atoms with E-state index in [-0.39, 0.29) is 5.78 Å². The molecule has 0 amide bonds. The lowest BCUT2D eigenvalue weighted by Crippen LogP contribution is -2.10. The molecule has 15 heavy (non-hydrogen) atoms. The van der Waals surface area contributed by atoms with Crippen molar-refractivity contribution in [3.8, 4) is 0 Å². The summed E-state index contributed by atoms with van der Waals surface area (Å²) in [5, 5.41) is 0.336. The molecule has 0 aliphatic heterocycles. The van der Waals surface area contributed by atoms with E-state index < -0.39 is 5.38 Å². The minimum absolute atomic E-state index is 0.0203. The van der Waals surface area contributed by atoms with Crippen molar-refractivity contribution in [2.75, 3.05) is 6.26 Å². The van der Waals surface area contributed by atoms with Gasteiger partial charge in [-0.3, -0.25) is 4.79 Å². The number of Topliss-reactive ketones (excluding diaryl/α,β-unsaturated/α-hetero) is 1. The number of halogens is 2. The number of benzene rings is 1. The number of thioether (sulfide) groups is 1. The maximum absolute atomic E-state index is 11.7. The normalized spacial score (nSPS) is 12.5. The lowest BCUT2D eigenvalue weighted by Gasteiger charge is -2.08. The Balaban J connectivity index is 3.08. The predicted molar refractivity (Wildman–Crippen MR) is 70.5 cm³/mol. The van der Waals surface area contributed by atoms with Gasteiger partial charge in [0.25, 0.3) is 0 Å². The van der Waals surface area contributed by atoms with E-state index in [1.165, 1.54) is 5.56 Å². The molecule has 0 heterocycles. The van der Waals surface area contributed by atoms with Crippen LogP contribution in [-0.2, 0) is 5.33 Å². The molecule has 1 atom stereocenters. The van der Waals surface area contributed by atoms with Crippen LogP contribution < -0.4 is 0 Å². The van der Waals surface area contributed by atoms with Crippen molar-refractivity contribution < 1.29 is 4.79 Å². The smallest absolute Gasteiger partial charge is 0.180 e. The summed E-state index contributed by atoms with van der Waals surface area (Å²) in [4.78, 5) is 12.8. The van der Waals surface area contributed by atoms with Gasteiger partial charge in [0.15, 0.2) is 5.78 Å². The van der Waals surface area contributed by atoms with Crippen LogP contribution in [0.15, 0.2) is 23.1 Å². The Labute approximate surface area is 108 Å². The van der Waals surface area contributed by atoms with Gasteiger partial charge in [-0.05, 0) is 24.8 Å². The Morgan fingerprint density at radius 2 is 2.27 bits per heavy atom. The van der Waals surface area contributed by atoms with Crippen LogP contribution >= 0.6 is 39.3 Å². The second-order valence-electron chi connectivity index (χ2n) is 3.14. The highest BCUT2D eigenvalue weighted by Crippen LogP contribution is 2.24. The van der Waals surface area contributed by atoms with Crippen LogP contribution in [0.2, 0.25) is 0 Å². The molecule has 0 saturated heterocycles. The van der Waals surface area contributed by atoms with Gasteiger partial charge < -0.3 is 0 Å². The minimum Gasteiger partial charge on any atom is -0.293 e. The molecule has 0 bridgehead atoms. The third-order valence-electron chi connectivity index (χ3n) is 2.08. The fourth-order valence-corrected chi connectivity index (χ4v) is 2.69. The van der Waals surface area contributed by atoms with E-state index in [1.807, 2.05) is 24.5 Å². The van der Waals surface area contributed by atoms with Gasteiger partial charge in [0.05, 0.1) is 5.38 Å². The lowest BCUT2D eigenvalue weighted by atomic mass is 10.1. The summed E-state index contributed by atoms with van der Waals surface area (Å²) in [6, 6.07) is 5.70. The number of hydrogen-bond acceptors (Lipinski definition) is 2. The highest BCUT2D eigenvalue weighted by Gasteiger charge is 2.13. The molecule has 0 aromatic heterocycles. The highest BCUT2D eigenvalue weighted by molar-refractivity contribution is 9.08. The molecule has 4 heteroatoms. The van der Waals surface area contributed by atoms with Gasteiger partial charge in [0.2, 0.25) is 0 Å². The quantitative estimate of drug-likeness (QED) is 0.473. The summed E-state index contributed by atoms with van der Waals surface area (Å²) < 4.78 is 0. The van der Waals surface area contributed by atoms with Crippen molar-refractivity contribution in [3.05, 3.63) is 29.3 Å². The first kappa shape index (κ1) is 13.1. The second kappa shape index (κ2) is 5.92. The first-order valence-corrected chi connectivity index (χ1v) is 7.29. The molecule has 0 aliphatic rings. The summed E-state index contributed by atoms with van der Waals surface area (Å²) in [7, 11) is 0. The maximum atomic E-state index is 11.7. The fraction of sp³-hybridized carbons (Fsp3) is 0.364. The average molecular weight is 308 g/mol. The van der Waals surface area contributed by atoms with Crippen LogP contribution in [0.1, 0.15) is 22.8 Å². The SMILES string of the molecule is CSc1cc(C(=O)C(C)Cl)ccc1CBr. The Morgan fingerprint density at radius 1 is 1.60 bits per heavy atom. The third kappa shape index (κ3) is 3.23. The maximum Gasteiger partial charge on any atom is 0.180 e. The Kier molecular flexibility index (Phi) is 5.16. The highest BCUT2D eigenvalue weighted by atomic mass is 79.9. The van der Waals surface area contributed by atoms with E-state index in [9.17, 15) is 4.79 Å². The van der Waals surface area contributed by atoms with Crippen LogP contribution in [0.5, 0.6) is 0 Å². The van der Waals surface area contributed by atoms with E-state index in [0.717, 1.165) is 10.2 Å². The summed E-state index contributed by atoms with van der Waals surface area (Å²) >= 11 is 10.8. The van der Waals surface area contributed by atoms with Gasteiger partial charge in [0.1, 0.15) is 0 Å². The van der Waals surface area contributed by atoms with Crippen LogP contribution in [-0.4, -0.2) is 17.4 Å². The largest absolute Gasteiger partial charge is 0.293 e. The van der Waals surface area contributed by atoms with Crippen molar-refractivity contribution in [1.29, 1.82) is 0 Å². The van der Waals surface area contributed by atoms with Crippen LogP contribution in [0.3, 0.4) is 0 Å². The van der Waals surface area contributed by atoms with E-state index in [1.54, 1.807) is 18.7 Å². The minimum atomic E-state index is -0.463. The van der Waals surface area contributed by atoms with Gasteiger partial charge in [0, 0.05) is 15.8 Å².